The van der Waals surface area contributed by atoms with Crippen molar-refractivity contribution in [3.05, 3.63) is 96.3 Å². The van der Waals surface area contributed by atoms with Crippen LogP contribution in [0.5, 0.6) is 0 Å². The number of carbonyl (C=O) groups excluding carboxylic acids is 1. The first kappa shape index (κ1) is 26.0. The number of thiophene rings is 1. The van der Waals surface area contributed by atoms with Gasteiger partial charge in [0.05, 0.1) is 12.5 Å². The second kappa shape index (κ2) is 11.3. The van der Waals surface area contributed by atoms with E-state index in [4.69, 9.17) is 0 Å². The van der Waals surface area contributed by atoms with E-state index in [2.05, 4.69) is 20.3 Å². The average Bonchev–Trinajstić information content (AvgIpc) is 3.37. The van der Waals surface area contributed by atoms with Gasteiger partial charge in [0, 0.05) is 28.6 Å². The van der Waals surface area contributed by atoms with Crippen LogP contribution in [0.15, 0.2) is 89.4 Å². The van der Waals surface area contributed by atoms with Gasteiger partial charge in [-0.1, -0.05) is 42.5 Å². The van der Waals surface area contributed by atoms with Crippen molar-refractivity contribution in [1.29, 1.82) is 0 Å². The number of rotatable bonds is 9. The van der Waals surface area contributed by atoms with E-state index in [-0.39, 0.29) is 4.21 Å². The molecule has 37 heavy (non-hydrogen) atoms. The van der Waals surface area contributed by atoms with Gasteiger partial charge in [-0.3, -0.25) is 9.78 Å². The lowest BCUT2D eigenvalue weighted by molar-refractivity contribution is -0.137. The number of aryl methyl sites for hydroxylation is 1. The summed E-state index contributed by atoms with van der Waals surface area (Å²) in [7, 11) is -3.99. The average molecular weight is 537 g/mol. The molecule has 9 nitrogen and oxygen atoms in total. The molecule has 2 amide bonds. The second-order valence-electron chi connectivity index (χ2n) is 8.15. The lowest BCUT2D eigenvalue weighted by atomic mass is 10.1. The van der Waals surface area contributed by atoms with Crippen molar-refractivity contribution < 1.29 is 23.1 Å². The molecule has 0 aliphatic carbocycles. The zero-order valence-electron chi connectivity index (χ0n) is 19.7. The Kier molecular flexibility index (Phi) is 7.97. The molecule has 0 saturated heterocycles. The van der Waals surface area contributed by atoms with E-state index < -0.39 is 34.5 Å². The molecule has 0 bridgehead atoms. The Morgan fingerprint density at radius 2 is 1.70 bits per heavy atom. The van der Waals surface area contributed by atoms with Gasteiger partial charge in [-0.05, 0) is 53.9 Å². The molecule has 0 aliphatic rings. The molecule has 0 radical (unpaired) electrons. The summed E-state index contributed by atoms with van der Waals surface area (Å²) in [6.07, 6.45) is 2.75. The van der Waals surface area contributed by atoms with Gasteiger partial charge in [-0.25, -0.2) is 17.9 Å². The van der Waals surface area contributed by atoms with Crippen LogP contribution in [-0.2, 0) is 14.8 Å². The number of nitrogens with one attached hydrogen (secondary N) is 3. The van der Waals surface area contributed by atoms with Crippen LogP contribution in [-0.4, -0.2) is 30.5 Å². The Bertz CT molecular complexity index is 1510. The van der Waals surface area contributed by atoms with Crippen LogP contribution in [0.2, 0.25) is 0 Å². The molecule has 1 unspecified atom stereocenters. The molecule has 1 atom stereocenters. The highest BCUT2D eigenvalue weighted by Gasteiger charge is 2.25. The van der Waals surface area contributed by atoms with E-state index >= 15 is 0 Å². The number of carbonyl (C=O) groups is 2. The first-order valence-electron chi connectivity index (χ1n) is 11.2. The SMILES string of the molecule is Cc1ccc(-c2ccc(S(=O)(=O)NC(CC(=O)O)c3ccccc3)s2)cc1NC(=O)Nc1ccncc1. The lowest BCUT2D eigenvalue weighted by Crippen LogP contribution is -2.29. The Morgan fingerprint density at radius 1 is 0.973 bits per heavy atom. The van der Waals surface area contributed by atoms with Crippen molar-refractivity contribution >= 4 is 44.7 Å². The minimum atomic E-state index is -3.99. The summed E-state index contributed by atoms with van der Waals surface area (Å²) >= 11 is 1.05. The number of carboxylic acids is 1. The third-order valence-corrected chi connectivity index (χ3v) is 8.53. The van der Waals surface area contributed by atoms with Gasteiger partial charge in [-0.15, -0.1) is 11.3 Å². The van der Waals surface area contributed by atoms with Gasteiger partial charge < -0.3 is 15.7 Å². The Morgan fingerprint density at radius 3 is 2.41 bits per heavy atom. The van der Waals surface area contributed by atoms with Gasteiger partial charge in [0.15, 0.2) is 0 Å². The molecule has 4 N–H and O–H groups in total. The smallest absolute Gasteiger partial charge is 0.323 e. The fraction of sp³-hybridized carbons (Fsp3) is 0.115. The number of benzene rings is 2. The lowest BCUT2D eigenvalue weighted by Gasteiger charge is -2.16. The summed E-state index contributed by atoms with van der Waals surface area (Å²) in [6, 6.07) is 19.2. The van der Waals surface area contributed by atoms with E-state index in [1.54, 1.807) is 67.0 Å². The number of carboxylic acid groups (broad SMARTS) is 1. The fourth-order valence-electron chi connectivity index (χ4n) is 3.58. The second-order valence-corrected chi connectivity index (χ2v) is 11.2. The van der Waals surface area contributed by atoms with Crippen molar-refractivity contribution in [2.24, 2.45) is 0 Å². The highest BCUT2D eigenvalue weighted by atomic mass is 32.2. The van der Waals surface area contributed by atoms with Crippen molar-refractivity contribution in [3.8, 4) is 10.4 Å². The van der Waals surface area contributed by atoms with Gasteiger partial charge in [0.2, 0.25) is 0 Å². The highest BCUT2D eigenvalue weighted by molar-refractivity contribution is 7.91. The fourth-order valence-corrected chi connectivity index (χ4v) is 6.13. The third kappa shape index (κ3) is 6.79. The molecule has 4 rings (SSSR count). The molecule has 4 aromatic rings. The van der Waals surface area contributed by atoms with Crippen LogP contribution < -0.4 is 15.4 Å². The number of pyridine rings is 1. The van der Waals surface area contributed by atoms with Gasteiger partial charge in [-0.2, -0.15) is 0 Å². The summed E-state index contributed by atoms with van der Waals surface area (Å²) in [5.74, 6) is -1.11. The number of urea groups is 1. The Balaban J connectivity index is 1.53. The monoisotopic (exact) mass is 536 g/mol. The molecule has 0 aliphatic heterocycles. The summed E-state index contributed by atoms with van der Waals surface area (Å²) in [5.41, 5.74) is 3.29. The third-order valence-electron chi connectivity index (χ3n) is 5.43. The Hall–Kier alpha value is -4.06. The maximum Gasteiger partial charge on any atom is 0.323 e. The van der Waals surface area contributed by atoms with E-state index in [0.29, 0.717) is 21.8 Å². The van der Waals surface area contributed by atoms with E-state index in [0.717, 1.165) is 22.5 Å². The Labute approximate surface area is 218 Å². The zero-order valence-corrected chi connectivity index (χ0v) is 21.3. The predicted molar refractivity (Wildman–Crippen MR) is 143 cm³/mol. The molecule has 2 aromatic heterocycles. The number of nitrogens with zero attached hydrogens (tertiary/aromatic N) is 1. The largest absolute Gasteiger partial charge is 0.481 e. The van der Waals surface area contributed by atoms with Crippen LogP contribution in [0.1, 0.15) is 23.6 Å². The first-order valence-corrected chi connectivity index (χ1v) is 13.5. The van der Waals surface area contributed by atoms with E-state index in [9.17, 15) is 23.1 Å². The van der Waals surface area contributed by atoms with Crippen molar-refractivity contribution in [1.82, 2.24) is 9.71 Å². The van der Waals surface area contributed by atoms with Crippen LogP contribution in [0.25, 0.3) is 10.4 Å². The minimum Gasteiger partial charge on any atom is -0.481 e. The van der Waals surface area contributed by atoms with Crippen LogP contribution >= 0.6 is 11.3 Å². The number of anilines is 2. The number of amides is 2. The summed E-state index contributed by atoms with van der Waals surface area (Å²) < 4.78 is 28.8. The summed E-state index contributed by atoms with van der Waals surface area (Å²) in [6.45, 7) is 1.85. The number of aliphatic carboxylic acids is 1. The molecule has 2 heterocycles. The maximum atomic E-state index is 13.1. The van der Waals surface area contributed by atoms with Gasteiger partial charge in [0.25, 0.3) is 10.0 Å². The summed E-state index contributed by atoms with van der Waals surface area (Å²) in [5, 5.41) is 14.8. The minimum absolute atomic E-state index is 0.0549. The summed E-state index contributed by atoms with van der Waals surface area (Å²) in [4.78, 5) is 28.4. The molecule has 0 saturated carbocycles. The van der Waals surface area contributed by atoms with Crippen LogP contribution in [0.3, 0.4) is 0 Å². The molecular formula is C26H24N4O5S2. The molecule has 0 spiro atoms. The van der Waals surface area contributed by atoms with Crippen molar-refractivity contribution in [2.45, 2.75) is 23.6 Å². The topological polar surface area (TPSA) is 137 Å². The molecule has 11 heteroatoms. The number of sulfonamides is 1. The van der Waals surface area contributed by atoms with Crippen LogP contribution in [0.4, 0.5) is 16.2 Å². The van der Waals surface area contributed by atoms with Crippen LogP contribution in [0, 0.1) is 6.92 Å². The molecular weight excluding hydrogens is 512 g/mol. The maximum absolute atomic E-state index is 13.1. The number of aromatic nitrogens is 1. The van der Waals surface area contributed by atoms with E-state index in [1.807, 2.05) is 19.1 Å². The van der Waals surface area contributed by atoms with Crippen molar-refractivity contribution in [2.75, 3.05) is 10.6 Å². The first-order chi connectivity index (χ1) is 17.7. The van der Waals surface area contributed by atoms with Crippen molar-refractivity contribution in [3.63, 3.8) is 0 Å². The predicted octanol–water partition coefficient (Wildman–Crippen LogP) is 5.26. The molecule has 0 fully saturated rings. The van der Waals surface area contributed by atoms with Gasteiger partial charge >= 0.3 is 12.0 Å². The highest BCUT2D eigenvalue weighted by Crippen LogP contribution is 2.34. The normalized spacial score (nSPS) is 12.0. The quantitative estimate of drug-likeness (QED) is 0.230. The standard InChI is InChI=1S/C26H24N4O5S2/c1-17-7-8-19(15-21(17)29-26(33)28-20-11-13-27-14-12-20)23-9-10-25(36-23)37(34,35)30-22(16-24(31)32)18-5-3-2-4-6-18/h2-15,22,30H,16H2,1H3,(H,31,32)(H2,27,28,29,33). The van der Waals surface area contributed by atoms with Gasteiger partial charge in [0.1, 0.15) is 4.21 Å². The number of hydrogen-bond donors (Lipinski definition) is 4. The zero-order chi connectivity index (χ0) is 26.4. The molecule has 2 aromatic carbocycles. The van der Waals surface area contributed by atoms with E-state index in [1.165, 1.54) is 6.07 Å². The number of hydrogen-bond acceptors (Lipinski definition) is 6. The molecule has 190 valence electrons.